The minimum Gasteiger partial charge on any atom is -0.467 e. The van der Waals surface area contributed by atoms with Gasteiger partial charge in [0.25, 0.3) is 0 Å². The Labute approximate surface area is 131 Å². The zero-order valence-electron chi connectivity index (χ0n) is 12.7. The molecule has 7 heteroatoms. The van der Waals surface area contributed by atoms with Crippen LogP contribution in [-0.2, 0) is 9.53 Å². The summed E-state index contributed by atoms with van der Waals surface area (Å²) in [6.45, 7) is 0.571. The van der Waals surface area contributed by atoms with Crippen molar-refractivity contribution in [1.29, 1.82) is 0 Å². The molecule has 3 rings (SSSR count). The van der Waals surface area contributed by atoms with E-state index in [0.717, 1.165) is 18.9 Å². The number of benzene rings is 1. The number of nitrogens with zero attached hydrogens (tertiary/aromatic N) is 2. The van der Waals surface area contributed by atoms with Crippen LogP contribution in [0.5, 0.6) is 0 Å². The number of fused-ring (bicyclic) bond motifs is 1. The maximum absolute atomic E-state index is 14.1. The van der Waals surface area contributed by atoms with Crippen molar-refractivity contribution in [1.82, 2.24) is 9.99 Å². The summed E-state index contributed by atoms with van der Waals surface area (Å²) in [6, 6.07) is 2.31. The van der Waals surface area contributed by atoms with Crippen LogP contribution >= 0.6 is 0 Å². The Morgan fingerprint density at radius 2 is 2.30 bits per heavy atom. The van der Waals surface area contributed by atoms with Gasteiger partial charge in [-0.3, -0.25) is 5.01 Å². The number of hydrogen-bond donors (Lipinski definition) is 1. The molecule has 23 heavy (non-hydrogen) atoms. The molecule has 1 unspecified atom stereocenters. The molecule has 0 radical (unpaired) electrons. The fourth-order valence-electron chi connectivity index (χ4n) is 2.86. The fraction of sp³-hybridized carbons (Fsp3) is 0.375. The average molecular weight is 321 g/mol. The van der Waals surface area contributed by atoms with Crippen LogP contribution in [0.25, 0.3) is 10.9 Å². The lowest BCUT2D eigenvalue weighted by molar-refractivity contribution is -0.148. The Balaban J connectivity index is 1.94. The molecule has 1 aromatic carbocycles. The lowest BCUT2D eigenvalue weighted by Gasteiger charge is -2.31. The highest BCUT2D eigenvalue weighted by Gasteiger charge is 2.28. The first-order valence-corrected chi connectivity index (χ1v) is 7.45. The van der Waals surface area contributed by atoms with E-state index in [9.17, 15) is 13.6 Å². The summed E-state index contributed by atoms with van der Waals surface area (Å²) in [5, 5.41) is 6.36. The molecule has 1 aliphatic rings. The first-order chi connectivity index (χ1) is 11.1. The molecule has 0 amide bonds. The van der Waals surface area contributed by atoms with E-state index in [1.165, 1.54) is 13.3 Å². The van der Waals surface area contributed by atoms with E-state index in [-0.39, 0.29) is 11.5 Å². The number of halogens is 2. The second-order valence-electron chi connectivity index (χ2n) is 5.47. The van der Waals surface area contributed by atoms with E-state index in [1.807, 2.05) is 0 Å². The molecule has 2 aromatic rings. The van der Waals surface area contributed by atoms with Crippen LogP contribution in [0.3, 0.4) is 0 Å². The lowest BCUT2D eigenvalue weighted by Crippen LogP contribution is -2.42. The highest BCUT2D eigenvalue weighted by Crippen LogP contribution is 2.23. The first kappa shape index (κ1) is 15.5. The van der Waals surface area contributed by atoms with Gasteiger partial charge in [0.05, 0.1) is 24.4 Å². The number of piperidine rings is 1. The van der Waals surface area contributed by atoms with Gasteiger partial charge in [0, 0.05) is 18.1 Å². The minimum atomic E-state index is -0.963. The largest absolute Gasteiger partial charge is 0.467 e. The number of ether oxygens (including phenoxy) is 1. The number of hydrazone groups is 1. The summed E-state index contributed by atoms with van der Waals surface area (Å²) >= 11 is 0. The van der Waals surface area contributed by atoms with Crippen LogP contribution < -0.4 is 0 Å². The molecule has 0 spiro atoms. The standard InChI is InChI=1S/C16H17F2N3O2/c1-23-16(22)13-4-2-3-7-21(13)20-9-11-14(18)12(17)8-10-5-6-19-15(10)11/h5-6,8-9,13,19H,2-4,7H2,1H3. The van der Waals surface area contributed by atoms with Crippen LogP contribution in [0.4, 0.5) is 8.78 Å². The molecule has 0 aliphatic carbocycles. The number of carbonyl (C=O) groups is 1. The van der Waals surface area contributed by atoms with Gasteiger partial charge >= 0.3 is 5.97 Å². The molecule has 5 nitrogen and oxygen atoms in total. The summed E-state index contributed by atoms with van der Waals surface area (Å²) in [7, 11) is 1.33. The number of hydrogen-bond acceptors (Lipinski definition) is 4. The predicted octanol–water partition coefficient (Wildman–Crippen LogP) is 2.81. The number of rotatable bonds is 3. The second kappa shape index (κ2) is 6.36. The summed E-state index contributed by atoms with van der Waals surface area (Å²) in [5.74, 6) is -2.26. The maximum atomic E-state index is 14.1. The smallest absolute Gasteiger partial charge is 0.330 e. The molecule has 1 aliphatic heterocycles. The van der Waals surface area contributed by atoms with Gasteiger partial charge in [-0.25, -0.2) is 13.6 Å². The van der Waals surface area contributed by atoms with Crippen LogP contribution in [0, 0.1) is 11.6 Å². The van der Waals surface area contributed by atoms with Gasteiger partial charge < -0.3 is 9.72 Å². The number of esters is 1. The van der Waals surface area contributed by atoms with Crippen LogP contribution in [0.15, 0.2) is 23.4 Å². The number of H-pyrrole nitrogens is 1. The van der Waals surface area contributed by atoms with Gasteiger partial charge in [-0.15, -0.1) is 0 Å². The summed E-state index contributed by atoms with van der Waals surface area (Å²) < 4.78 is 32.5. The third kappa shape index (κ3) is 2.91. The predicted molar refractivity (Wildman–Crippen MR) is 82.2 cm³/mol. The Morgan fingerprint density at radius 3 is 3.09 bits per heavy atom. The normalized spacial score (nSPS) is 18.7. The number of aromatic amines is 1. The highest BCUT2D eigenvalue weighted by atomic mass is 19.2. The van der Waals surface area contributed by atoms with E-state index in [0.29, 0.717) is 23.9 Å². The average Bonchev–Trinajstić information content (AvgIpc) is 3.02. The fourth-order valence-corrected chi connectivity index (χ4v) is 2.86. The van der Waals surface area contributed by atoms with Gasteiger partial charge in [0.1, 0.15) is 6.04 Å². The van der Waals surface area contributed by atoms with E-state index >= 15 is 0 Å². The van der Waals surface area contributed by atoms with Gasteiger partial charge in [0.2, 0.25) is 0 Å². The van der Waals surface area contributed by atoms with Crippen molar-refractivity contribution < 1.29 is 18.3 Å². The van der Waals surface area contributed by atoms with Crippen molar-refractivity contribution in [2.45, 2.75) is 25.3 Å². The third-order valence-electron chi connectivity index (χ3n) is 4.06. The summed E-state index contributed by atoms with van der Waals surface area (Å²) in [4.78, 5) is 14.7. The zero-order valence-corrected chi connectivity index (χ0v) is 12.7. The number of methoxy groups -OCH3 is 1. The van der Waals surface area contributed by atoms with E-state index in [1.54, 1.807) is 17.3 Å². The molecule has 0 bridgehead atoms. The highest BCUT2D eigenvalue weighted by molar-refractivity contribution is 5.98. The SMILES string of the molecule is COC(=O)C1CCCCN1N=Cc1c(F)c(F)cc2cc[nH]c12. The summed E-state index contributed by atoms with van der Waals surface area (Å²) in [6.07, 6.45) is 5.29. The molecule has 1 N–H and O–H groups in total. The van der Waals surface area contributed by atoms with E-state index in [4.69, 9.17) is 4.74 Å². The van der Waals surface area contributed by atoms with Gasteiger partial charge in [-0.2, -0.15) is 5.10 Å². The minimum absolute atomic E-state index is 0.0409. The van der Waals surface area contributed by atoms with Gasteiger partial charge in [-0.05, 0) is 31.4 Å². The first-order valence-electron chi connectivity index (χ1n) is 7.45. The van der Waals surface area contributed by atoms with Crippen molar-refractivity contribution in [2.75, 3.05) is 13.7 Å². The zero-order chi connectivity index (χ0) is 16.4. The number of aromatic nitrogens is 1. The van der Waals surface area contributed by atoms with Gasteiger partial charge in [0.15, 0.2) is 11.6 Å². The Hall–Kier alpha value is -2.44. The molecule has 1 atom stereocenters. The molecular weight excluding hydrogens is 304 g/mol. The second-order valence-corrected chi connectivity index (χ2v) is 5.47. The molecular formula is C16H17F2N3O2. The number of nitrogens with one attached hydrogen (secondary N) is 1. The van der Waals surface area contributed by atoms with E-state index in [2.05, 4.69) is 10.1 Å². The van der Waals surface area contributed by atoms with Crippen molar-refractivity contribution in [3.05, 3.63) is 35.5 Å². The topological polar surface area (TPSA) is 57.7 Å². The Morgan fingerprint density at radius 1 is 1.48 bits per heavy atom. The molecule has 122 valence electrons. The van der Waals surface area contributed by atoms with Crippen molar-refractivity contribution >= 4 is 23.1 Å². The quantitative estimate of drug-likeness (QED) is 0.698. The Kier molecular flexibility index (Phi) is 4.27. The molecule has 1 aromatic heterocycles. The molecule has 1 fully saturated rings. The third-order valence-corrected chi connectivity index (χ3v) is 4.06. The number of carbonyl (C=O) groups excluding carboxylic acids is 1. The monoisotopic (exact) mass is 321 g/mol. The summed E-state index contributed by atoms with van der Waals surface area (Å²) in [5.41, 5.74) is 0.512. The Bertz CT molecular complexity index is 757. The van der Waals surface area contributed by atoms with Crippen LogP contribution in [0.2, 0.25) is 0 Å². The maximum Gasteiger partial charge on any atom is 0.330 e. The van der Waals surface area contributed by atoms with Crippen molar-refractivity contribution in [2.24, 2.45) is 5.10 Å². The van der Waals surface area contributed by atoms with E-state index < -0.39 is 17.7 Å². The lowest BCUT2D eigenvalue weighted by atomic mass is 10.0. The van der Waals surface area contributed by atoms with Gasteiger partial charge in [-0.1, -0.05) is 0 Å². The van der Waals surface area contributed by atoms with Crippen molar-refractivity contribution in [3.63, 3.8) is 0 Å². The molecule has 0 saturated carbocycles. The molecule has 1 saturated heterocycles. The van der Waals surface area contributed by atoms with Crippen LogP contribution in [0.1, 0.15) is 24.8 Å². The molecule has 2 heterocycles. The van der Waals surface area contributed by atoms with Crippen molar-refractivity contribution in [3.8, 4) is 0 Å². The van der Waals surface area contributed by atoms with Crippen LogP contribution in [-0.4, -0.2) is 41.9 Å².